The van der Waals surface area contributed by atoms with E-state index in [4.69, 9.17) is 11.5 Å². The van der Waals surface area contributed by atoms with Crippen molar-refractivity contribution >= 4 is 33.4 Å². The van der Waals surface area contributed by atoms with Crippen LogP contribution in [0.15, 0.2) is 16.6 Å². The molecule has 0 fully saturated rings. The van der Waals surface area contributed by atoms with E-state index in [-0.39, 0.29) is 18.9 Å². The fourth-order valence-electron chi connectivity index (χ4n) is 1.33. The van der Waals surface area contributed by atoms with Gasteiger partial charge in [0.1, 0.15) is 0 Å². The first-order valence-corrected chi connectivity index (χ1v) is 5.83. The molecule has 0 radical (unpaired) electrons. The highest BCUT2D eigenvalue weighted by Crippen LogP contribution is 2.22. The number of carbonyl (C=O) groups is 2. The predicted octanol–water partition coefficient (Wildman–Crippen LogP) is 0.945. The Morgan fingerprint density at radius 2 is 2.06 bits per heavy atom. The third-order valence-electron chi connectivity index (χ3n) is 2.31. The lowest BCUT2D eigenvalue weighted by Gasteiger charge is -2.09. The van der Waals surface area contributed by atoms with E-state index in [1.165, 1.54) is 0 Å². The molecule has 0 aliphatic carbocycles. The zero-order chi connectivity index (χ0) is 13.0. The third kappa shape index (κ3) is 3.74. The van der Waals surface area contributed by atoms with E-state index >= 15 is 0 Å². The molecule has 0 bridgehead atoms. The predicted molar refractivity (Wildman–Crippen MR) is 69.4 cm³/mol. The quantitative estimate of drug-likeness (QED) is 0.722. The van der Waals surface area contributed by atoms with E-state index < -0.39 is 5.91 Å². The molecule has 0 aliphatic rings. The van der Waals surface area contributed by atoms with Gasteiger partial charge in [-0.05, 0) is 24.6 Å². The van der Waals surface area contributed by atoms with Crippen LogP contribution in [0, 0.1) is 6.92 Å². The van der Waals surface area contributed by atoms with Gasteiger partial charge in [0.15, 0.2) is 0 Å². The zero-order valence-electron chi connectivity index (χ0n) is 9.42. The van der Waals surface area contributed by atoms with Gasteiger partial charge in [-0.25, -0.2) is 0 Å². The van der Waals surface area contributed by atoms with E-state index in [0.717, 1.165) is 4.47 Å². The van der Waals surface area contributed by atoms with Gasteiger partial charge in [-0.3, -0.25) is 9.59 Å². The van der Waals surface area contributed by atoms with Gasteiger partial charge in [0.25, 0.3) is 5.91 Å². The molecule has 1 aromatic carbocycles. The van der Waals surface area contributed by atoms with Gasteiger partial charge in [-0.1, -0.05) is 15.9 Å². The van der Waals surface area contributed by atoms with Gasteiger partial charge < -0.3 is 16.8 Å². The normalized spacial score (nSPS) is 10.0. The number of nitrogen functional groups attached to an aromatic ring is 1. The maximum absolute atomic E-state index is 11.8. The number of anilines is 1. The molecule has 0 unspecified atom stereocenters. The van der Waals surface area contributed by atoms with Crippen LogP contribution in [0.25, 0.3) is 0 Å². The number of hydrogen-bond donors (Lipinski definition) is 3. The molecule has 1 rings (SSSR count). The molecule has 1 aromatic rings. The number of benzene rings is 1. The average molecular weight is 300 g/mol. The average Bonchev–Trinajstić information content (AvgIpc) is 2.22. The van der Waals surface area contributed by atoms with Crippen molar-refractivity contribution in [2.45, 2.75) is 13.3 Å². The molecule has 2 amide bonds. The van der Waals surface area contributed by atoms with Crippen LogP contribution in [-0.4, -0.2) is 18.4 Å². The number of nitrogens with one attached hydrogen (secondary N) is 1. The van der Waals surface area contributed by atoms with Crippen molar-refractivity contribution in [3.8, 4) is 0 Å². The lowest BCUT2D eigenvalue weighted by atomic mass is 10.1. The second kappa shape index (κ2) is 5.67. The molecule has 0 aromatic heterocycles. The molecule has 6 heteroatoms. The van der Waals surface area contributed by atoms with E-state index in [0.29, 0.717) is 16.8 Å². The lowest BCUT2D eigenvalue weighted by molar-refractivity contribution is -0.117. The van der Waals surface area contributed by atoms with Crippen LogP contribution in [0.4, 0.5) is 5.69 Å². The summed E-state index contributed by atoms with van der Waals surface area (Å²) in [6, 6.07) is 3.42. The van der Waals surface area contributed by atoms with Crippen LogP contribution in [0.3, 0.4) is 0 Å². The minimum Gasteiger partial charge on any atom is -0.398 e. The van der Waals surface area contributed by atoms with E-state index in [1.54, 1.807) is 19.1 Å². The maximum Gasteiger partial charge on any atom is 0.251 e. The smallest absolute Gasteiger partial charge is 0.251 e. The molecular formula is C11H14BrN3O2. The van der Waals surface area contributed by atoms with E-state index in [2.05, 4.69) is 21.2 Å². The van der Waals surface area contributed by atoms with Crippen LogP contribution in [0.2, 0.25) is 0 Å². The molecule has 0 spiro atoms. The lowest BCUT2D eigenvalue weighted by Crippen LogP contribution is -2.28. The number of nitrogens with two attached hydrogens (primary N) is 2. The number of primary amides is 1. The highest BCUT2D eigenvalue weighted by molar-refractivity contribution is 9.10. The Labute approximate surface area is 108 Å². The van der Waals surface area contributed by atoms with Crippen molar-refractivity contribution in [1.29, 1.82) is 0 Å². The standard InChI is InChI=1S/C11H14BrN3O2/c1-6-8(4-7(12)5-9(6)13)11(17)15-3-2-10(14)16/h4-5H,2-3,13H2,1H3,(H2,14,16)(H,15,17). The molecular weight excluding hydrogens is 286 g/mol. The molecule has 17 heavy (non-hydrogen) atoms. The van der Waals surface area contributed by atoms with Gasteiger partial charge >= 0.3 is 0 Å². The summed E-state index contributed by atoms with van der Waals surface area (Å²) in [5.74, 6) is -0.715. The molecule has 0 aliphatic heterocycles. The summed E-state index contributed by atoms with van der Waals surface area (Å²) in [5, 5.41) is 2.61. The third-order valence-corrected chi connectivity index (χ3v) is 2.77. The Kier molecular flexibility index (Phi) is 4.51. The van der Waals surface area contributed by atoms with E-state index in [1.807, 2.05) is 0 Å². The fourth-order valence-corrected chi connectivity index (χ4v) is 1.81. The monoisotopic (exact) mass is 299 g/mol. The fraction of sp³-hybridized carbons (Fsp3) is 0.273. The Morgan fingerprint density at radius 1 is 1.41 bits per heavy atom. The summed E-state index contributed by atoms with van der Waals surface area (Å²) in [4.78, 5) is 22.3. The largest absolute Gasteiger partial charge is 0.398 e. The summed E-state index contributed by atoms with van der Waals surface area (Å²) in [7, 11) is 0. The number of halogens is 1. The Balaban J connectivity index is 2.78. The van der Waals surface area contributed by atoms with E-state index in [9.17, 15) is 9.59 Å². The summed E-state index contributed by atoms with van der Waals surface area (Å²) in [6.45, 7) is 1.99. The minimum absolute atomic E-state index is 0.119. The second-order valence-electron chi connectivity index (χ2n) is 3.64. The zero-order valence-corrected chi connectivity index (χ0v) is 11.0. The van der Waals surface area contributed by atoms with Crippen molar-refractivity contribution in [2.24, 2.45) is 5.73 Å². The topological polar surface area (TPSA) is 98.2 Å². The van der Waals surface area contributed by atoms with Gasteiger partial charge in [-0.15, -0.1) is 0 Å². The molecule has 92 valence electrons. The Hall–Kier alpha value is -1.56. The molecule has 0 heterocycles. The van der Waals surface area contributed by atoms with Crippen molar-refractivity contribution in [3.05, 3.63) is 27.7 Å². The SMILES string of the molecule is Cc1c(N)cc(Br)cc1C(=O)NCCC(N)=O. The van der Waals surface area contributed by atoms with Gasteiger partial charge in [-0.2, -0.15) is 0 Å². The second-order valence-corrected chi connectivity index (χ2v) is 4.56. The molecule has 0 atom stereocenters. The first-order valence-electron chi connectivity index (χ1n) is 5.04. The van der Waals surface area contributed by atoms with Gasteiger partial charge in [0.2, 0.25) is 5.91 Å². The highest BCUT2D eigenvalue weighted by atomic mass is 79.9. The number of amides is 2. The first-order chi connectivity index (χ1) is 7.91. The number of rotatable bonds is 4. The van der Waals surface area contributed by atoms with Crippen LogP contribution >= 0.6 is 15.9 Å². The summed E-state index contributed by atoms with van der Waals surface area (Å²) in [5.41, 5.74) is 12.5. The molecule has 5 N–H and O–H groups in total. The van der Waals surface area contributed by atoms with Gasteiger partial charge in [0, 0.05) is 28.7 Å². The van der Waals surface area contributed by atoms with Crippen molar-refractivity contribution in [3.63, 3.8) is 0 Å². The number of hydrogen-bond acceptors (Lipinski definition) is 3. The Morgan fingerprint density at radius 3 is 2.65 bits per heavy atom. The molecule has 5 nitrogen and oxygen atoms in total. The first kappa shape index (κ1) is 13.5. The number of carbonyl (C=O) groups excluding carboxylic acids is 2. The van der Waals surface area contributed by atoms with Crippen LogP contribution < -0.4 is 16.8 Å². The van der Waals surface area contributed by atoms with Crippen molar-refractivity contribution < 1.29 is 9.59 Å². The molecule has 0 saturated carbocycles. The summed E-state index contributed by atoms with van der Waals surface area (Å²) < 4.78 is 0.737. The minimum atomic E-state index is -0.448. The summed E-state index contributed by atoms with van der Waals surface area (Å²) >= 11 is 3.27. The molecule has 0 saturated heterocycles. The highest BCUT2D eigenvalue weighted by Gasteiger charge is 2.11. The summed E-state index contributed by atoms with van der Waals surface area (Å²) in [6.07, 6.45) is 0.119. The Bertz CT molecular complexity index is 460. The van der Waals surface area contributed by atoms with Crippen LogP contribution in [0.5, 0.6) is 0 Å². The van der Waals surface area contributed by atoms with Crippen molar-refractivity contribution in [2.75, 3.05) is 12.3 Å². The van der Waals surface area contributed by atoms with Crippen LogP contribution in [0.1, 0.15) is 22.3 Å². The van der Waals surface area contributed by atoms with Crippen LogP contribution in [-0.2, 0) is 4.79 Å². The maximum atomic E-state index is 11.8. The van der Waals surface area contributed by atoms with Gasteiger partial charge in [0.05, 0.1) is 0 Å². The van der Waals surface area contributed by atoms with Crippen molar-refractivity contribution in [1.82, 2.24) is 5.32 Å².